The van der Waals surface area contributed by atoms with Crippen LogP contribution in [0.1, 0.15) is 12.8 Å². The first-order valence-electron chi connectivity index (χ1n) is 10.1. The van der Waals surface area contributed by atoms with Gasteiger partial charge in [-0.2, -0.15) is 4.31 Å². The Bertz CT molecular complexity index is 1300. The van der Waals surface area contributed by atoms with Crippen molar-refractivity contribution in [3.8, 4) is 16.9 Å². The number of hydrogen-bond acceptors (Lipinski definition) is 5. The van der Waals surface area contributed by atoms with Crippen LogP contribution < -0.4 is 4.18 Å². The fourth-order valence-corrected chi connectivity index (χ4v) is 5.89. The summed E-state index contributed by atoms with van der Waals surface area (Å²) in [4.78, 5) is 4.85. The molecule has 0 radical (unpaired) electrons. The van der Waals surface area contributed by atoms with Crippen molar-refractivity contribution in [1.82, 2.24) is 13.3 Å². The molecule has 6 nitrogen and oxygen atoms in total. The van der Waals surface area contributed by atoms with Gasteiger partial charge in [-0.1, -0.05) is 30.3 Å². The highest BCUT2D eigenvalue weighted by molar-refractivity contribution is 7.93. The average molecular weight is 452 g/mol. The summed E-state index contributed by atoms with van der Waals surface area (Å²) in [6.45, 7) is 1.20. The van der Waals surface area contributed by atoms with E-state index in [0.29, 0.717) is 18.0 Å². The van der Waals surface area contributed by atoms with Gasteiger partial charge in [0.25, 0.3) is 0 Å². The summed E-state index contributed by atoms with van der Waals surface area (Å²) >= 11 is 1.20. The van der Waals surface area contributed by atoms with Gasteiger partial charge in [-0.3, -0.25) is 0 Å². The van der Waals surface area contributed by atoms with Crippen molar-refractivity contribution in [2.45, 2.75) is 17.7 Å². The second kappa shape index (κ2) is 8.37. The molecule has 5 rings (SSSR count). The van der Waals surface area contributed by atoms with Gasteiger partial charge in [-0.15, -0.1) is 0 Å². The molecule has 2 aromatic heterocycles. The number of pyridine rings is 1. The first-order chi connectivity index (χ1) is 15.1. The summed E-state index contributed by atoms with van der Waals surface area (Å²) in [5.41, 5.74) is 2.72. The Kier molecular flexibility index (Phi) is 5.43. The molecule has 4 aromatic rings. The molecule has 0 atom stereocenters. The maximum atomic E-state index is 12.8. The first-order valence-corrected chi connectivity index (χ1v) is 12.2. The summed E-state index contributed by atoms with van der Waals surface area (Å²) in [7, 11) is -3.41. The van der Waals surface area contributed by atoms with E-state index in [1.807, 2.05) is 64.8 Å². The lowest BCUT2D eigenvalue weighted by atomic mass is 10.0. The monoisotopic (exact) mass is 451 g/mol. The van der Waals surface area contributed by atoms with Crippen LogP contribution in [0.15, 0.2) is 84.0 Å². The molecule has 1 saturated heterocycles. The van der Waals surface area contributed by atoms with Gasteiger partial charge in [0, 0.05) is 30.9 Å². The highest BCUT2D eigenvalue weighted by Gasteiger charge is 2.27. The van der Waals surface area contributed by atoms with E-state index in [9.17, 15) is 8.42 Å². The molecule has 0 aliphatic carbocycles. The van der Waals surface area contributed by atoms with Gasteiger partial charge < -0.3 is 4.18 Å². The summed E-state index contributed by atoms with van der Waals surface area (Å²) in [5, 5.41) is 0.974. The lowest BCUT2D eigenvalue weighted by Gasteiger charge is -2.15. The van der Waals surface area contributed by atoms with Crippen LogP contribution in [0.5, 0.6) is 5.75 Å². The first kappa shape index (κ1) is 20.1. The molecule has 0 unspecified atom stereocenters. The Labute approximate surface area is 185 Å². The fourth-order valence-electron chi connectivity index (χ4n) is 3.77. The zero-order valence-corrected chi connectivity index (χ0v) is 18.3. The Balaban J connectivity index is 1.42. The molecule has 0 spiro atoms. The molecule has 2 aromatic carbocycles. The van der Waals surface area contributed by atoms with Crippen LogP contribution in [0.4, 0.5) is 0 Å². The van der Waals surface area contributed by atoms with E-state index < -0.39 is 10.0 Å². The smallest absolute Gasteiger partial charge is 0.243 e. The lowest BCUT2D eigenvalue weighted by Crippen LogP contribution is -2.27. The normalized spacial score (nSPS) is 14.8. The predicted molar refractivity (Wildman–Crippen MR) is 123 cm³/mol. The average Bonchev–Trinajstić information content (AvgIpc) is 3.49. The summed E-state index contributed by atoms with van der Waals surface area (Å²) in [6.07, 6.45) is 5.53. The molecule has 0 saturated carbocycles. The SMILES string of the molecule is O=S(=O)(c1ccc(-c2ccnc3c2ccn3SOc2ccccc2)cc1)N1CCCC1. The number of hydrogen-bond donors (Lipinski definition) is 0. The number of para-hydroxylation sites is 1. The Morgan fingerprint density at radius 2 is 1.65 bits per heavy atom. The molecule has 31 heavy (non-hydrogen) atoms. The minimum Gasteiger partial charge on any atom is -0.405 e. The Morgan fingerprint density at radius 1 is 0.903 bits per heavy atom. The van der Waals surface area contributed by atoms with Crippen molar-refractivity contribution in [1.29, 1.82) is 0 Å². The molecule has 1 fully saturated rings. The predicted octanol–water partition coefficient (Wildman–Crippen LogP) is 4.98. The van der Waals surface area contributed by atoms with Crippen molar-refractivity contribution >= 4 is 33.3 Å². The highest BCUT2D eigenvalue weighted by atomic mass is 32.2. The minimum atomic E-state index is -3.41. The number of sulfonamides is 1. The largest absolute Gasteiger partial charge is 0.405 e. The maximum absolute atomic E-state index is 12.8. The van der Waals surface area contributed by atoms with Crippen molar-refractivity contribution in [2.75, 3.05) is 13.1 Å². The number of aromatic nitrogens is 2. The molecular formula is C23H21N3O3S2. The summed E-state index contributed by atoms with van der Waals surface area (Å²) in [5.74, 6) is 0.764. The van der Waals surface area contributed by atoms with Crippen LogP contribution in [-0.2, 0) is 10.0 Å². The Morgan fingerprint density at radius 3 is 2.39 bits per heavy atom. The van der Waals surface area contributed by atoms with Crippen molar-refractivity contribution in [3.63, 3.8) is 0 Å². The zero-order chi connectivity index (χ0) is 21.3. The van der Waals surface area contributed by atoms with Crippen molar-refractivity contribution < 1.29 is 12.6 Å². The van der Waals surface area contributed by atoms with Crippen LogP contribution in [-0.4, -0.2) is 34.8 Å². The molecule has 8 heteroatoms. The third-order valence-corrected chi connectivity index (χ3v) is 8.01. The van der Waals surface area contributed by atoms with Crippen LogP contribution >= 0.6 is 12.2 Å². The number of fused-ring (bicyclic) bond motifs is 1. The standard InChI is InChI=1S/C23H21N3O3S2/c27-31(28,25-15-4-5-16-25)20-10-8-18(9-11-20)21-12-14-24-23-22(21)13-17-26(23)30-29-19-6-2-1-3-7-19/h1-3,6-14,17H,4-5,15-16H2. The van der Waals surface area contributed by atoms with E-state index in [1.165, 1.54) is 12.2 Å². The van der Waals surface area contributed by atoms with E-state index in [-0.39, 0.29) is 0 Å². The molecule has 0 N–H and O–H groups in total. The molecular weight excluding hydrogens is 430 g/mol. The van der Waals surface area contributed by atoms with E-state index in [0.717, 1.165) is 40.8 Å². The van der Waals surface area contributed by atoms with Crippen LogP contribution in [0.3, 0.4) is 0 Å². The van der Waals surface area contributed by atoms with Gasteiger partial charge in [0.05, 0.1) is 4.90 Å². The van der Waals surface area contributed by atoms with Gasteiger partial charge >= 0.3 is 0 Å². The van der Waals surface area contributed by atoms with Crippen LogP contribution in [0.25, 0.3) is 22.2 Å². The second-order valence-corrected chi connectivity index (χ2v) is 9.99. The number of rotatable bonds is 6. The topological polar surface area (TPSA) is 64.4 Å². The molecule has 3 heterocycles. The number of nitrogens with zero attached hydrogens (tertiary/aromatic N) is 3. The van der Waals surface area contributed by atoms with Gasteiger partial charge in [0.1, 0.15) is 5.75 Å². The summed E-state index contributed by atoms with van der Waals surface area (Å²) in [6, 6.07) is 20.6. The van der Waals surface area contributed by atoms with Crippen molar-refractivity contribution in [2.24, 2.45) is 0 Å². The molecule has 1 aliphatic rings. The zero-order valence-electron chi connectivity index (χ0n) is 16.7. The van der Waals surface area contributed by atoms with E-state index in [4.69, 9.17) is 4.18 Å². The minimum absolute atomic E-state index is 0.341. The van der Waals surface area contributed by atoms with Gasteiger partial charge in [0.15, 0.2) is 17.9 Å². The van der Waals surface area contributed by atoms with Gasteiger partial charge in [-0.05, 0) is 60.4 Å². The second-order valence-electron chi connectivity index (χ2n) is 7.34. The number of benzene rings is 2. The van der Waals surface area contributed by atoms with Gasteiger partial charge in [0.2, 0.25) is 10.0 Å². The summed E-state index contributed by atoms with van der Waals surface area (Å²) < 4.78 is 34.8. The van der Waals surface area contributed by atoms with E-state index in [2.05, 4.69) is 4.98 Å². The quantitative estimate of drug-likeness (QED) is 0.387. The van der Waals surface area contributed by atoms with Crippen molar-refractivity contribution in [3.05, 3.63) is 79.1 Å². The van der Waals surface area contributed by atoms with E-state index >= 15 is 0 Å². The third-order valence-electron chi connectivity index (χ3n) is 5.38. The molecule has 158 valence electrons. The lowest BCUT2D eigenvalue weighted by molar-refractivity contribution is 0.477. The fraction of sp³-hybridized carbons (Fsp3) is 0.174. The maximum Gasteiger partial charge on any atom is 0.243 e. The third kappa shape index (κ3) is 3.94. The molecule has 1 aliphatic heterocycles. The molecule has 0 amide bonds. The molecule has 0 bridgehead atoms. The van der Waals surface area contributed by atoms with Crippen LogP contribution in [0.2, 0.25) is 0 Å². The highest BCUT2D eigenvalue weighted by Crippen LogP contribution is 2.31. The van der Waals surface area contributed by atoms with Gasteiger partial charge in [-0.25, -0.2) is 17.4 Å². The van der Waals surface area contributed by atoms with Crippen LogP contribution in [0, 0.1) is 0 Å². The van der Waals surface area contributed by atoms with E-state index in [1.54, 1.807) is 22.6 Å². The Hall–Kier alpha value is -2.81.